The molecule has 3 amide bonds. The van der Waals surface area contributed by atoms with Crippen LogP contribution in [0.25, 0.3) is 0 Å². The van der Waals surface area contributed by atoms with Crippen molar-refractivity contribution in [3.8, 4) is 5.75 Å². The highest BCUT2D eigenvalue weighted by atomic mass is 16.5. The maximum absolute atomic E-state index is 13.7. The van der Waals surface area contributed by atoms with Crippen LogP contribution in [0.15, 0.2) is 53.5 Å². The number of hydrogen-bond acceptors (Lipinski definition) is 6. The number of carbonyl (C=O) groups excluding carboxylic acids is 2. The Morgan fingerprint density at radius 3 is 2.41 bits per heavy atom. The number of benzene rings is 2. The molecule has 2 atom stereocenters. The molecule has 8 heteroatoms. The average molecular weight is 462 g/mol. The maximum atomic E-state index is 13.7. The number of urea groups is 1. The number of guanidine groups is 1. The number of rotatable bonds is 5. The van der Waals surface area contributed by atoms with E-state index in [2.05, 4.69) is 9.80 Å². The van der Waals surface area contributed by atoms with Crippen molar-refractivity contribution in [2.75, 3.05) is 31.6 Å². The van der Waals surface area contributed by atoms with Crippen molar-refractivity contribution in [2.45, 2.75) is 45.4 Å². The SMILES string of the molecule is CCOc1ccc(N2CCCCN3C2=NC2C3C(=O)N(Cc3ccc(C)cc3)C(=O)N2C)cc1. The molecule has 8 nitrogen and oxygen atoms in total. The number of imide groups is 1. The number of anilines is 1. The average Bonchev–Trinajstić information content (AvgIpc) is 3.10. The van der Waals surface area contributed by atoms with Gasteiger partial charge in [0.2, 0.25) is 5.96 Å². The minimum Gasteiger partial charge on any atom is -0.494 e. The molecule has 3 heterocycles. The normalized spacial score (nSPS) is 22.4. The molecule has 5 rings (SSSR count). The van der Waals surface area contributed by atoms with Gasteiger partial charge in [-0.3, -0.25) is 9.69 Å². The Kier molecular flexibility index (Phi) is 5.89. The maximum Gasteiger partial charge on any atom is 0.328 e. The molecular formula is C26H31N5O3. The van der Waals surface area contributed by atoms with Gasteiger partial charge in [0.25, 0.3) is 5.91 Å². The second-order valence-corrected chi connectivity index (χ2v) is 9.07. The summed E-state index contributed by atoms with van der Waals surface area (Å²) < 4.78 is 5.59. The zero-order valence-corrected chi connectivity index (χ0v) is 20.0. The van der Waals surface area contributed by atoms with Crippen LogP contribution >= 0.6 is 0 Å². The summed E-state index contributed by atoms with van der Waals surface area (Å²) >= 11 is 0. The highest BCUT2D eigenvalue weighted by molar-refractivity contribution is 6.07. The molecule has 0 radical (unpaired) electrons. The third kappa shape index (κ3) is 3.87. The summed E-state index contributed by atoms with van der Waals surface area (Å²) in [5, 5.41) is 0. The third-order valence-corrected chi connectivity index (χ3v) is 6.76. The molecule has 0 N–H and O–H groups in total. The van der Waals surface area contributed by atoms with E-state index in [1.807, 2.05) is 62.4 Å². The Morgan fingerprint density at radius 1 is 1.00 bits per heavy atom. The number of fused-ring (bicyclic) bond motifs is 3. The zero-order valence-electron chi connectivity index (χ0n) is 20.0. The van der Waals surface area contributed by atoms with E-state index >= 15 is 0 Å². The van der Waals surface area contributed by atoms with Crippen molar-refractivity contribution >= 4 is 23.6 Å². The summed E-state index contributed by atoms with van der Waals surface area (Å²) in [6.45, 7) is 6.41. The van der Waals surface area contributed by atoms with Gasteiger partial charge in [-0.25, -0.2) is 9.79 Å². The number of amides is 3. The van der Waals surface area contributed by atoms with E-state index in [4.69, 9.17) is 9.73 Å². The Hall–Kier alpha value is -3.55. The molecule has 0 saturated carbocycles. The van der Waals surface area contributed by atoms with Gasteiger partial charge < -0.3 is 19.4 Å². The van der Waals surface area contributed by atoms with Crippen molar-refractivity contribution in [3.05, 3.63) is 59.7 Å². The first kappa shape index (κ1) is 22.3. The second-order valence-electron chi connectivity index (χ2n) is 9.07. The van der Waals surface area contributed by atoms with Crippen LogP contribution in [-0.2, 0) is 11.3 Å². The Balaban J connectivity index is 1.44. The second kappa shape index (κ2) is 9.00. The van der Waals surface area contributed by atoms with Gasteiger partial charge in [-0.1, -0.05) is 29.8 Å². The summed E-state index contributed by atoms with van der Waals surface area (Å²) in [5.41, 5.74) is 3.08. The number of ether oxygens (including phenoxy) is 1. The smallest absolute Gasteiger partial charge is 0.328 e. The molecule has 2 aromatic rings. The van der Waals surface area contributed by atoms with Gasteiger partial charge in [-0.05, 0) is 56.5 Å². The lowest BCUT2D eigenvalue weighted by molar-refractivity contribution is -0.138. The van der Waals surface area contributed by atoms with Crippen LogP contribution in [0, 0.1) is 6.92 Å². The fourth-order valence-electron chi connectivity index (χ4n) is 4.94. The lowest BCUT2D eigenvalue weighted by Crippen LogP contribution is -2.65. The molecule has 0 bridgehead atoms. The monoisotopic (exact) mass is 461 g/mol. The van der Waals surface area contributed by atoms with Crippen molar-refractivity contribution in [1.29, 1.82) is 0 Å². The Morgan fingerprint density at radius 2 is 1.71 bits per heavy atom. The molecular weight excluding hydrogens is 430 g/mol. The standard InChI is InChI=1S/C26H31N5O3/c1-4-34-21-13-11-20(12-14-21)29-15-5-6-16-30-22-23(27-25(29)30)28(3)26(33)31(24(22)32)17-19-9-7-18(2)8-10-19/h7-14,22-23H,4-6,15-17H2,1-3H3. The largest absolute Gasteiger partial charge is 0.494 e. The minimum absolute atomic E-state index is 0.180. The van der Waals surface area contributed by atoms with Gasteiger partial charge in [-0.15, -0.1) is 0 Å². The summed E-state index contributed by atoms with van der Waals surface area (Å²) in [6.07, 6.45) is 1.43. The molecule has 178 valence electrons. The quantitative estimate of drug-likeness (QED) is 0.682. The number of likely N-dealkylation sites (N-methyl/N-ethyl adjacent to an activating group) is 1. The first-order valence-electron chi connectivity index (χ1n) is 12.0. The summed E-state index contributed by atoms with van der Waals surface area (Å²) in [6, 6.07) is 15.1. The summed E-state index contributed by atoms with van der Waals surface area (Å²) in [7, 11) is 1.74. The van der Waals surface area contributed by atoms with Crippen LogP contribution in [0.2, 0.25) is 0 Å². The van der Waals surface area contributed by atoms with Gasteiger partial charge in [0.15, 0.2) is 12.2 Å². The molecule has 2 aromatic carbocycles. The number of aryl methyl sites for hydroxylation is 1. The predicted molar refractivity (Wildman–Crippen MR) is 131 cm³/mol. The number of hydrogen-bond donors (Lipinski definition) is 0. The molecule has 2 saturated heterocycles. The van der Waals surface area contributed by atoms with Crippen molar-refractivity contribution in [1.82, 2.24) is 14.7 Å². The van der Waals surface area contributed by atoms with Gasteiger partial charge in [0.1, 0.15) is 5.75 Å². The minimum atomic E-state index is -0.521. The number of nitrogens with zero attached hydrogens (tertiary/aromatic N) is 5. The molecule has 2 unspecified atom stereocenters. The Bertz CT molecular complexity index is 1100. The fraction of sp³-hybridized carbons (Fsp3) is 0.423. The van der Waals surface area contributed by atoms with Crippen LogP contribution in [0.3, 0.4) is 0 Å². The van der Waals surface area contributed by atoms with E-state index in [9.17, 15) is 9.59 Å². The molecule has 0 aliphatic carbocycles. The molecule has 0 aromatic heterocycles. The molecule has 34 heavy (non-hydrogen) atoms. The lowest BCUT2D eigenvalue weighted by Gasteiger charge is -2.41. The van der Waals surface area contributed by atoms with Gasteiger partial charge in [0, 0.05) is 25.8 Å². The van der Waals surface area contributed by atoms with Crippen LogP contribution in [0.5, 0.6) is 5.75 Å². The lowest BCUT2D eigenvalue weighted by atomic mass is 10.1. The summed E-state index contributed by atoms with van der Waals surface area (Å²) in [4.78, 5) is 39.1. The van der Waals surface area contributed by atoms with Gasteiger partial charge >= 0.3 is 6.03 Å². The van der Waals surface area contributed by atoms with E-state index in [-0.39, 0.29) is 18.5 Å². The molecule has 3 aliphatic heterocycles. The van der Waals surface area contributed by atoms with Crippen LogP contribution in [0.4, 0.5) is 10.5 Å². The fourth-order valence-corrected chi connectivity index (χ4v) is 4.94. The van der Waals surface area contributed by atoms with Crippen molar-refractivity contribution in [2.24, 2.45) is 4.99 Å². The highest BCUT2D eigenvalue weighted by Crippen LogP contribution is 2.33. The van der Waals surface area contributed by atoms with Crippen molar-refractivity contribution in [3.63, 3.8) is 0 Å². The van der Waals surface area contributed by atoms with E-state index in [0.717, 1.165) is 54.5 Å². The number of aliphatic imine (C=N–C) groups is 1. The zero-order chi connectivity index (χ0) is 23.8. The van der Waals surface area contributed by atoms with Gasteiger partial charge in [0.05, 0.1) is 13.2 Å². The first-order valence-corrected chi connectivity index (χ1v) is 12.0. The molecule has 0 spiro atoms. The van der Waals surface area contributed by atoms with Crippen molar-refractivity contribution < 1.29 is 14.3 Å². The van der Waals surface area contributed by atoms with E-state index < -0.39 is 12.2 Å². The van der Waals surface area contributed by atoms with E-state index in [1.165, 1.54) is 4.90 Å². The van der Waals surface area contributed by atoms with Crippen LogP contribution < -0.4 is 9.64 Å². The predicted octanol–water partition coefficient (Wildman–Crippen LogP) is 3.45. The Labute approximate surface area is 200 Å². The van der Waals surface area contributed by atoms with Gasteiger partial charge in [-0.2, -0.15) is 0 Å². The molecule has 3 aliphatic rings. The molecule has 2 fully saturated rings. The summed E-state index contributed by atoms with van der Waals surface area (Å²) in [5.74, 6) is 1.41. The van der Waals surface area contributed by atoms with Crippen LogP contribution in [0.1, 0.15) is 30.9 Å². The number of carbonyl (C=O) groups is 2. The first-order chi connectivity index (χ1) is 16.5. The van der Waals surface area contributed by atoms with E-state index in [1.54, 1.807) is 11.9 Å². The topological polar surface area (TPSA) is 68.7 Å². The van der Waals surface area contributed by atoms with Crippen LogP contribution in [-0.4, -0.2) is 71.5 Å². The third-order valence-electron chi connectivity index (χ3n) is 6.76. The highest BCUT2D eigenvalue weighted by Gasteiger charge is 2.53. The van der Waals surface area contributed by atoms with E-state index in [0.29, 0.717) is 6.61 Å².